The predicted molar refractivity (Wildman–Crippen MR) is 101 cm³/mol. The number of aryl methyl sites for hydroxylation is 1. The smallest absolute Gasteiger partial charge is 0.193 e. The van der Waals surface area contributed by atoms with Gasteiger partial charge < -0.3 is 19.9 Å². The van der Waals surface area contributed by atoms with Crippen molar-refractivity contribution in [1.29, 1.82) is 0 Å². The zero-order valence-corrected chi connectivity index (χ0v) is 15.6. The third-order valence-corrected chi connectivity index (χ3v) is 4.56. The number of benzene rings is 1. The summed E-state index contributed by atoms with van der Waals surface area (Å²) in [5.41, 5.74) is 1.25. The number of nitrogens with zero attached hydrogens (tertiary/aromatic N) is 3. The quantitative estimate of drug-likeness (QED) is 0.640. The minimum atomic E-state index is 0.645. The Kier molecular flexibility index (Phi) is 7.37. The first-order valence-electron chi connectivity index (χ1n) is 8.88. The van der Waals surface area contributed by atoms with Crippen LogP contribution >= 0.6 is 0 Å². The van der Waals surface area contributed by atoms with E-state index >= 15 is 0 Å². The van der Waals surface area contributed by atoms with Gasteiger partial charge in [0.15, 0.2) is 5.96 Å². The number of likely N-dealkylation sites (tertiary alicyclic amines) is 1. The molecule has 1 fully saturated rings. The van der Waals surface area contributed by atoms with Crippen molar-refractivity contribution in [3.05, 3.63) is 29.8 Å². The molecule has 1 heterocycles. The molecule has 1 N–H and O–H groups in total. The minimum Gasteiger partial charge on any atom is -0.492 e. The Labute approximate surface area is 146 Å². The summed E-state index contributed by atoms with van der Waals surface area (Å²) < 4.78 is 5.80. The van der Waals surface area contributed by atoms with Crippen LogP contribution in [0, 0.1) is 12.8 Å². The third-order valence-electron chi connectivity index (χ3n) is 4.56. The van der Waals surface area contributed by atoms with Crippen molar-refractivity contribution in [2.75, 3.05) is 53.9 Å². The lowest BCUT2D eigenvalue weighted by atomic mass is 9.99. The van der Waals surface area contributed by atoms with Crippen molar-refractivity contribution in [3.63, 3.8) is 0 Å². The number of rotatable bonds is 6. The maximum absolute atomic E-state index is 5.80. The molecule has 5 heteroatoms. The van der Waals surface area contributed by atoms with E-state index in [9.17, 15) is 0 Å². The molecule has 0 saturated carbocycles. The molecule has 0 bridgehead atoms. The highest BCUT2D eigenvalue weighted by Crippen LogP contribution is 2.14. The molecule has 0 spiro atoms. The molecule has 0 aliphatic carbocycles. The van der Waals surface area contributed by atoms with Gasteiger partial charge in [0, 0.05) is 27.2 Å². The topological polar surface area (TPSA) is 40.1 Å². The van der Waals surface area contributed by atoms with Crippen LogP contribution in [0.2, 0.25) is 0 Å². The van der Waals surface area contributed by atoms with Gasteiger partial charge in [-0.3, -0.25) is 4.99 Å². The number of nitrogens with one attached hydrogen (secondary N) is 1. The van der Waals surface area contributed by atoms with E-state index in [1.807, 2.05) is 19.2 Å². The molecule has 24 heavy (non-hydrogen) atoms. The van der Waals surface area contributed by atoms with Crippen LogP contribution in [0.5, 0.6) is 5.75 Å². The van der Waals surface area contributed by atoms with Crippen LogP contribution < -0.4 is 10.1 Å². The Hall–Kier alpha value is -1.75. The number of piperidine rings is 1. The first-order valence-corrected chi connectivity index (χ1v) is 8.88. The van der Waals surface area contributed by atoms with Crippen molar-refractivity contribution < 1.29 is 4.74 Å². The van der Waals surface area contributed by atoms with Crippen LogP contribution in [0.1, 0.15) is 18.4 Å². The normalized spacial score (nSPS) is 19.2. The SMILES string of the molecule is CN=C(NCC1CCCN(C)C1)N(C)CCOc1ccc(C)cc1. The largest absolute Gasteiger partial charge is 0.492 e. The highest BCUT2D eigenvalue weighted by Gasteiger charge is 2.17. The molecule has 0 aromatic heterocycles. The van der Waals surface area contributed by atoms with E-state index in [2.05, 4.69) is 53.3 Å². The van der Waals surface area contributed by atoms with Gasteiger partial charge in [-0.2, -0.15) is 0 Å². The lowest BCUT2D eigenvalue weighted by Gasteiger charge is -2.31. The zero-order valence-electron chi connectivity index (χ0n) is 15.6. The molecule has 5 nitrogen and oxygen atoms in total. The van der Waals surface area contributed by atoms with Gasteiger partial charge in [0.05, 0.1) is 6.54 Å². The second-order valence-corrected chi connectivity index (χ2v) is 6.78. The summed E-state index contributed by atoms with van der Waals surface area (Å²) in [6, 6.07) is 8.17. The van der Waals surface area contributed by atoms with E-state index in [0.29, 0.717) is 12.5 Å². The molecule has 1 aliphatic heterocycles. The standard InChI is InChI=1S/C19H32N4O/c1-16-7-9-18(10-8-16)24-13-12-23(4)19(20-2)21-14-17-6-5-11-22(3)15-17/h7-10,17H,5-6,11-15H2,1-4H3,(H,20,21). The maximum atomic E-state index is 5.80. The second kappa shape index (κ2) is 9.52. The van der Waals surface area contributed by atoms with Crippen LogP contribution in [0.25, 0.3) is 0 Å². The van der Waals surface area contributed by atoms with Gasteiger partial charge in [0.25, 0.3) is 0 Å². The molecule has 0 radical (unpaired) electrons. The molecular formula is C19H32N4O. The van der Waals surface area contributed by atoms with E-state index in [4.69, 9.17) is 4.74 Å². The summed E-state index contributed by atoms with van der Waals surface area (Å²) in [5, 5.41) is 3.51. The molecule has 1 aliphatic rings. The number of likely N-dealkylation sites (N-methyl/N-ethyl adjacent to an activating group) is 1. The van der Waals surface area contributed by atoms with Gasteiger partial charge in [-0.25, -0.2) is 0 Å². The van der Waals surface area contributed by atoms with Crippen molar-refractivity contribution >= 4 is 5.96 Å². The van der Waals surface area contributed by atoms with Crippen LogP contribution in [0.3, 0.4) is 0 Å². The fourth-order valence-corrected chi connectivity index (χ4v) is 3.10. The van der Waals surface area contributed by atoms with Gasteiger partial charge in [0.1, 0.15) is 12.4 Å². The molecule has 1 aromatic rings. The van der Waals surface area contributed by atoms with Crippen molar-refractivity contribution in [2.24, 2.45) is 10.9 Å². The molecule has 134 valence electrons. The van der Waals surface area contributed by atoms with E-state index in [-0.39, 0.29) is 0 Å². The van der Waals surface area contributed by atoms with Gasteiger partial charge in [-0.05, 0) is 51.4 Å². The molecule has 1 unspecified atom stereocenters. The predicted octanol–water partition coefficient (Wildman–Crippen LogP) is 2.22. The van der Waals surface area contributed by atoms with Gasteiger partial charge in [-0.1, -0.05) is 17.7 Å². The number of hydrogen-bond donors (Lipinski definition) is 1. The monoisotopic (exact) mass is 332 g/mol. The van der Waals surface area contributed by atoms with Gasteiger partial charge in [-0.15, -0.1) is 0 Å². The summed E-state index contributed by atoms with van der Waals surface area (Å²) in [7, 11) is 6.10. The summed E-state index contributed by atoms with van der Waals surface area (Å²) in [5.74, 6) is 2.57. The summed E-state index contributed by atoms with van der Waals surface area (Å²) in [6.45, 7) is 6.91. The van der Waals surface area contributed by atoms with Gasteiger partial charge >= 0.3 is 0 Å². The third kappa shape index (κ3) is 6.04. The Morgan fingerprint density at radius 1 is 1.38 bits per heavy atom. The average Bonchev–Trinajstić information content (AvgIpc) is 2.57. The zero-order chi connectivity index (χ0) is 17.4. The molecule has 0 amide bonds. The Morgan fingerprint density at radius 3 is 2.79 bits per heavy atom. The fraction of sp³-hybridized carbons (Fsp3) is 0.632. The molecule has 1 saturated heterocycles. The molecule has 1 atom stereocenters. The van der Waals surface area contributed by atoms with Crippen molar-refractivity contribution in [3.8, 4) is 5.75 Å². The van der Waals surface area contributed by atoms with E-state index < -0.39 is 0 Å². The molecule has 1 aromatic carbocycles. The van der Waals surface area contributed by atoms with E-state index in [1.165, 1.54) is 31.5 Å². The average molecular weight is 332 g/mol. The van der Waals surface area contributed by atoms with Gasteiger partial charge in [0.2, 0.25) is 0 Å². The van der Waals surface area contributed by atoms with Crippen LogP contribution in [-0.2, 0) is 0 Å². The fourth-order valence-electron chi connectivity index (χ4n) is 3.10. The summed E-state index contributed by atoms with van der Waals surface area (Å²) in [4.78, 5) is 8.93. The van der Waals surface area contributed by atoms with E-state index in [0.717, 1.165) is 24.8 Å². The summed E-state index contributed by atoms with van der Waals surface area (Å²) in [6.07, 6.45) is 2.59. The minimum absolute atomic E-state index is 0.645. The highest BCUT2D eigenvalue weighted by atomic mass is 16.5. The van der Waals surface area contributed by atoms with Crippen LogP contribution in [-0.4, -0.2) is 69.7 Å². The van der Waals surface area contributed by atoms with Crippen molar-refractivity contribution in [1.82, 2.24) is 15.1 Å². The Bertz CT molecular complexity index is 515. The highest BCUT2D eigenvalue weighted by molar-refractivity contribution is 5.79. The van der Waals surface area contributed by atoms with Crippen LogP contribution in [0.15, 0.2) is 29.3 Å². The first kappa shape index (κ1) is 18.6. The maximum Gasteiger partial charge on any atom is 0.193 e. The lowest BCUT2D eigenvalue weighted by Crippen LogP contribution is -2.45. The molecule has 2 rings (SSSR count). The number of hydrogen-bond acceptors (Lipinski definition) is 3. The second-order valence-electron chi connectivity index (χ2n) is 6.78. The summed E-state index contributed by atoms with van der Waals surface area (Å²) >= 11 is 0. The number of ether oxygens (including phenoxy) is 1. The Morgan fingerprint density at radius 2 is 2.12 bits per heavy atom. The number of guanidine groups is 1. The Balaban J connectivity index is 1.70. The van der Waals surface area contributed by atoms with E-state index in [1.54, 1.807) is 0 Å². The first-order chi connectivity index (χ1) is 11.6. The van der Waals surface area contributed by atoms with Crippen LogP contribution in [0.4, 0.5) is 0 Å². The lowest BCUT2D eigenvalue weighted by molar-refractivity contribution is 0.209. The molecular weight excluding hydrogens is 300 g/mol. The van der Waals surface area contributed by atoms with Crippen molar-refractivity contribution in [2.45, 2.75) is 19.8 Å². The number of aliphatic imine (C=N–C) groups is 1.